The quantitative estimate of drug-likeness (QED) is 0.496. The zero-order chi connectivity index (χ0) is 10.7. The van der Waals surface area contributed by atoms with E-state index in [2.05, 4.69) is 9.73 Å². The molecule has 0 bridgehead atoms. The molecule has 0 rings (SSSR count). The number of halogens is 2. The van der Waals surface area contributed by atoms with Gasteiger partial charge in [0, 0.05) is 0 Å². The van der Waals surface area contributed by atoms with E-state index in [0.29, 0.717) is 0 Å². The highest BCUT2D eigenvalue weighted by atomic mass is 31.2. The smallest absolute Gasteiger partial charge is 0.442 e. The van der Waals surface area contributed by atoms with E-state index in [9.17, 15) is 17.8 Å². The van der Waals surface area contributed by atoms with Gasteiger partial charge in [-0.3, -0.25) is 0 Å². The number of hydrogen-bond donors (Lipinski definition) is 0. The molecule has 0 saturated carbocycles. The van der Waals surface area contributed by atoms with Gasteiger partial charge >= 0.3 is 13.9 Å². The number of rotatable bonds is 1. The van der Waals surface area contributed by atoms with Crippen LogP contribution in [-0.2, 0) is 9.30 Å². The topological polar surface area (TPSA) is 55.7 Å². The van der Waals surface area contributed by atoms with Gasteiger partial charge in [0.2, 0.25) is 0 Å². The van der Waals surface area contributed by atoms with Crippen LogP contribution in [0.2, 0.25) is 0 Å². The van der Waals surface area contributed by atoms with Gasteiger partial charge in [0.1, 0.15) is 11.6 Å². The molecule has 0 aromatic heterocycles. The predicted octanol–water partition coefficient (Wildman–Crippen LogP) is 3.08. The molecular weight excluding hydrogens is 203 g/mol. The molecule has 1 amide bonds. The van der Waals surface area contributed by atoms with E-state index in [1.54, 1.807) is 20.8 Å². The average molecular weight is 213 g/mol. The molecule has 76 valence electrons. The summed E-state index contributed by atoms with van der Waals surface area (Å²) in [4.78, 5) is 13.3. The van der Waals surface area contributed by atoms with Gasteiger partial charge < -0.3 is 4.74 Å². The van der Waals surface area contributed by atoms with Crippen molar-refractivity contribution < 1.29 is 22.5 Å². The van der Waals surface area contributed by atoms with Gasteiger partial charge in [-0.05, 0) is 20.8 Å². The number of carbonyl (C=O) groups is 1. The van der Waals surface area contributed by atoms with Crippen LogP contribution in [0, 0.1) is 0 Å². The summed E-state index contributed by atoms with van der Waals surface area (Å²) in [5.74, 6) is -0.179. The Balaban J connectivity index is 4.19. The Kier molecular flexibility index (Phi) is 3.72. The van der Waals surface area contributed by atoms with Crippen LogP contribution in [-0.4, -0.2) is 17.6 Å². The Hall–Kier alpha value is -0.770. The van der Waals surface area contributed by atoms with Gasteiger partial charge in [-0.25, -0.2) is 9.36 Å². The highest BCUT2D eigenvalue weighted by Crippen LogP contribution is 2.45. The van der Waals surface area contributed by atoms with Crippen LogP contribution in [0.4, 0.5) is 13.2 Å². The number of aliphatic imine (C=N–C) groups is 1. The van der Waals surface area contributed by atoms with Crippen LogP contribution in [0.1, 0.15) is 20.8 Å². The molecular formula is C6H10F2NO3P. The summed E-state index contributed by atoms with van der Waals surface area (Å²) in [5.41, 5.74) is -0.801. The molecule has 0 aromatic rings. The summed E-state index contributed by atoms with van der Waals surface area (Å²) < 4.78 is 37.8. The summed E-state index contributed by atoms with van der Waals surface area (Å²) in [6.07, 6.45) is -1.18. The summed E-state index contributed by atoms with van der Waals surface area (Å²) in [5, 5.41) is 0. The Morgan fingerprint density at radius 2 is 1.92 bits per heavy atom. The third-order valence-corrected chi connectivity index (χ3v) is 1.08. The monoisotopic (exact) mass is 213 g/mol. The minimum Gasteiger partial charge on any atom is -0.442 e. The van der Waals surface area contributed by atoms with Crippen molar-refractivity contribution in [3.05, 3.63) is 0 Å². The molecule has 13 heavy (non-hydrogen) atoms. The Morgan fingerprint density at radius 1 is 1.46 bits per heavy atom. The number of amides is 1. The maximum atomic E-state index is 11.7. The van der Waals surface area contributed by atoms with Crippen LogP contribution < -0.4 is 0 Å². The fourth-order valence-corrected chi connectivity index (χ4v) is 0.631. The van der Waals surface area contributed by atoms with E-state index in [4.69, 9.17) is 0 Å². The van der Waals surface area contributed by atoms with Crippen LogP contribution in [0.15, 0.2) is 4.99 Å². The second-order valence-electron chi connectivity index (χ2n) is 3.23. The molecule has 0 spiro atoms. The minimum atomic E-state index is -5.38. The molecule has 0 fully saturated rings. The third-order valence-electron chi connectivity index (χ3n) is 0.691. The van der Waals surface area contributed by atoms with E-state index in [1.165, 1.54) is 0 Å². The van der Waals surface area contributed by atoms with Crippen molar-refractivity contribution in [1.29, 1.82) is 0 Å². The van der Waals surface area contributed by atoms with Gasteiger partial charge in [-0.2, -0.15) is 4.99 Å². The van der Waals surface area contributed by atoms with Crippen LogP contribution in [0.25, 0.3) is 0 Å². The Morgan fingerprint density at radius 3 is 2.23 bits per heavy atom. The van der Waals surface area contributed by atoms with E-state index >= 15 is 0 Å². The van der Waals surface area contributed by atoms with Gasteiger partial charge in [0.25, 0.3) is 0 Å². The first-order chi connectivity index (χ1) is 5.60. The largest absolute Gasteiger partial charge is 0.444 e. The summed E-state index contributed by atoms with van der Waals surface area (Å²) in [6.45, 7) is 4.68. The number of hydrogen-bond acceptors (Lipinski definition) is 3. The third kappa shape index (κ3) is 9.14. The summed E-state index contributed by atoms with van der Waals surface area (Å²) in [7, 11) is -5.38. The van der Waals surface area contributed by atoms with E-state index in [-0.39, 0.29) is 5.96 Å². The first-order valence-corrected chi connectivity index (χ1v) is 4.93. The zero-order valence-electron chi connectivity index (χ0n) is 7.45. The standard InChI is InChI=1S/C6H10F2NO3P/c1-6(2,3)12-5(10)9-4-13(7,8)11/h4H,1-3H3. The molecule has 0 aromatic carbocycles. The van der Waals surface area contributed by atoms with Gasteiger partial charge in [0.15, 0.2) is 0 Å². The fraction of sp³-hybridized carbons (Fsp3) is 0.667. The van der Waals surface area contributed by atoms with Gasteiger partial charge in [-0.15, -0.1) is 8.39 Å². The lowest BCUT2D eigenvalue weighted by atomic mass is 10.2. The Bertz CT molecular complexity index is 266. The lowest BCUT2D eigenvalue weighted by Gasteiger charge is -2.16. The maximum Gasteiger partial charge on any atom is 0.444 e. The fourth-order valence-electron chi connectivity index (χ4n) is 0.403. The highest BCUT2D eigenvalue weighted by molar-refractivity contribution is 7.68. The lowest BCUT2D eigenvalue weighted by molar-refractivity contribution is 0.0605. The Labute approximate surface area is 74.6 Å². The zero-order valence-corrected chi connectivity index (χ0v) is 8.35. The molecule has 0 N–H and O–H groups in total. The SMILES string of the molecule is CC(C)(C)OC(=O)N=CP(=O)(F)F. The van der Waals surface area contributed by atoms with Crippen molar-refractivity contribution in [2.24, 2.45) is 4.99 Å². The molecule has 0 saturated heterocycles. The van der Waals surface area contributed by atoms with Crippen molar-refractivity contribution in [3.8, 4) is 0 Å². The van der Waals surface area contributed by atoms with Crippen molar-refractivity contribution in [2.75, 3.05) is 0 Å². The molecule has 0 aliphatic rings. The molecule has 0 unspecified atom stereocenters. The molecule has 4 nitrogen and oxygen atoms in total. The number of nitrogens with zero attached hydrogens (tertiary/aromatic N) is 1. The normalized spacial score (nSPS) is 13.3. The second-order valence-corrected chi connectivity index (χ2v) is 4.46. The van der Waals surface area contributed by atoms with E-state index in [1.807, 2.05) is 0 Å². The molecule has 0 aliphatic heterocycles. The molecule has 0 heterocycles. The minimum absolute atomic E-state index is 0.179. The van der Waals surface area contributed by atoms with E-state index < -0.39 is 19.5 Å². The predicted molar refractivity (Wildman–Crippen MR) is 44.5 cm³/mol. The first kappa shape index (κ1) is 12.2. The summed E-state index contributed by atoms with van der Waals surface area (Å²) in [6, 6.07) is 0. The van der Waals surface area contributed by atoms with Gasteiger partial charge in [-0.1, -0.05) is 0 Å². The van der Waals surface area contributed by atoms with Crippen LogP contribution >= 0.6 is 7.76 Å². The summed E-state index contributed by atoms with van der Waals surface area (Å²) >= 11 is 0. The van der Waals surface area contributed by atoms with Crippen molar-refractivity contribution >= 4 is 19.8 Å². The molecule has 0 aliphatic carbocycles. The lowest BCUT2D eigenvalue weighted by Crippen LogP contribution is -2.21. The van der Waals surface area contributed by atoms with Crippen molar-refractivity contribution in [1.82, 2.24) is 0 Å². The van der Waals surface area contributed by atoms with E-state index in [0.717, 1.165) is 0 Å². The molecule has 7 heteroatoms. The second kappa shape index (κ2) is 3.96. The average Bonchev–Trinajstić information content (AvgIpc) is 1.78. The number of ether oxygens (including phenoxy) is 1. The maximum absolute atomic E-state index is 11.7. The highest BCUT2D eigenvalue weighted by Gasteiger charge is 2.18. The first-order valence-electron chi connectivity index (χ1n) is 3.37. The van der Waals surface area contributed by atoms with Crippen molar-refractivity contribution in [3.63, 3.8) is 0 Å². The number of carbonyl (C=O) groups excluding carboxylic acids is 1. The van der Waals surface area contributed by atoms with Crippen molar-refractivity contribution in [2.45, 2.75) is 26.4 Å². The molecule has 0 atom stereocenters. The molecule has 0 radical (unpaired) electrons. The van der Waals surface area contributed by atoms with Gasteiger partial charge in [0.05, 0.1) is 0 Å². The van der Waals surface area contributed by atoms with Crippen LogP contribution in [0.5, 0.6) is 0 Å². The van der Waals surface area contributed by atoms with Crippen LogP contribution in [0.3, 0.4) is 0 Å².